The summed E-state index contributed by atoms with van der Waals surface area (Å²) in [6, 6.07) is 0. The lowest BCUT2D eigenvalue weighted by atomic mass is 10.5. The fraction of sp³-hybridized carbons (Fsp3) is 0.556. The second-order valence-corrected chi connectivity index (χ2v) is 8.66. The Morgan fingerprint density at radius 1 is 0.933 bits per heavy atom. The van der Waals surface area contributed by atoms with Crippen LogP contribution in [-0.4, -0.2) is 32.4 Å². The van der Waals surface area contributed by atoms with Crippen LogP contribution in [0.5, 0.6) is 0 Å². The average Bonchev–Trinajstić information content (AvgIpc) is 2.03. The first-order valence-corrected chi connectivity index (χ1v) is 7.24. The summed E-state index contributed by atoms with van der Waals surface area (Å²) in [6.45, 7) is 2.18. The first-order chi connectivity index (χ1) is 6.62. The van der Waals surface area contributed by atoms with Crippen LogP contribution in [0.4, 0.5) is 0 Å². The smallest absolute Gasteiger partial charge is 0.180 e. The van der Waals surface area contributed by atoms with E-state index >= 15 is 0 Å². The highest BCUT2D eigenvalue weighted by Crippen LogP contribution is 2.25. The Morgan fingerprint density at radius 2 is 1.20 bits per heavy atom. The molecule has 0 radical (unpaired) electrons. The Hall–Kier alpha value is -0.980. The van der Waals surface area contributed by atoms with Gasteiger partial charge < -0.3 is 0 Å². The average molecular weight is 248 g/mol. The molecule has 6 heteroatoms. The molecule has 4 nitrogen and oxygen atoms in total. The molecule has 0 aromatic rings. The van der Waals surface area contributed by atoms with Crippen LogP contribution in [0.25, 0.3) is 0 Å². The van der Waals surface area contributed by atoms with Gasteiger partial charge in [-0.05, 0) is 13.8 Å². The standard InChI is InChI=1S/C9H12O4S2/c1-5-7-14(10,11)9(3,4)15(12,13)8-6-2/h1-2H,7-8H2,3-4H3. The van der Waals surface area contributed by atoms with Gasteiger partial charge in [0.2, 0.25) is 0 Å². The minimum Gasteiger partial charge on any atom is -0.226 e. The summed E-state index contributed by atoms with van der Waals surface area (Å²) in [5, 5.41) is 0. The highest BCUT2D eigenvalue weighted by Gasteiger charge is 2.45. The van der Waals surface area contributed by atoms with E-state index in [2.05, 4.69) is 0 Å². The van der Waals surface area contributed by atoms with Crippen molar-refractivity contribution in [2.24, 2.45) is 0 Å². The highest BCUT2D eigenvalue weighted by molar-refractivity contribution is 8.10. The van der Waals surface area contributed by atoms with Crippen LogP contribution in [-0.2, 0) is 19.7 Å². The number of hydrogen-bond acceptors (Lipinski definition) is 4. The molecule has 0 rings (SSSR count). The van der Waals surface area contributed by atoms with Gasteiger partial charge in [0.15, 0.2) is 23.8 Å². The number of terminal acetylenes is 2. The van der Waals surface area contributed by atoms with E-state index in [0.717, 1.165) is 13.8 Å². The van der Waals surface area contributed by atoms with Crippen LogP contribution in [0, 0.1) is 24.7 Å². The van der Waals surface area contributed by atoms with Crippen LogP contribution in [0.3, 0.4) is 0 Å². The van der Waals surface area contributed by atoms with Gasteiger partial charge in [-0.15, -0.1) is 12.8 Å². The normalized spacial score (nSPS) is 12.8. The summed E-state index contributed by atoms with van der Waals surface area (Å²) in [4.78, 5) is 0. The third-order valence-corrected chi connectivity index (χ3v) is 7.66. The van der Waals surface area contributed by atoms with Gasteiger partial charge in [0, 0.05) is 0 Å². The van der Waals surface area contributed by atoms with Gasteiger partial charge in [0.25, 0.3) is 0 Å². The summed E-state index contributed by atoms with van der Waals surface area (Å²) in [5.41, 5.74) is 0. The molecule has 0 bridgehead atoms. The molecule has 0 spiro atoms. The van der Waals surface area contributed by atoms with Crippen molar-refractivity contribution in [3.8, 4) is 24.7 Å². The molecule has 0 aromatic heterocycles. The van der Waals surface area contributed by atoms with Gasteiger partial charge in [0.1, 0.15) is 11.5 Å². The van der Waals surface area contributed by atoms with Crippen molar-refractivity contribution in [1.82, 2.24) is 0 Å². The van der Waals surface area contributed by atoms with Crippen molar-refractivity contribution in [3.05, 3.63) is 0 Å². The van der Waals surface area contributed by atoms with Crippen LogP contribution < -0.4 is 0 Å². The topological polar surface area (TPSA) is 68.3 Å². The Morgan fingerprint density at radius 3 is 1.40 bits per heavy atom. The number of sulfone groups is 2. The maximum atomic E-state index is 11.6. The van der Waals surface area contributed by atoms with E-state index in [-0.39, 0.29) is 0 Å². The Bertz CT molecular complexity index is 461. The van der Waals surface area contributed by atoms with E-state index in [1.165, 1.54) is 0 Å². The number of rotatable bonds is 4. The van der Waals surface area contributed by atoms with E-state index in [1.807, 2.05) is 11.8 Å². The van der Waals surface area contributed by atoms with Crippen molar-refractivity contribution in [2.75, 3.05) is 11.5 Å². The maximum absolute atomic E-state index is 11.6. The molecule has 0 fully saturated rings. The van der Waals surface area contributed by atoms with Crippen molar-refractivity contribution in [1.29, 1.82) is 0 Å². The molecule has 84 valence electrons. The van der Waals surface area contributed by atoms with Crippen molar-refractivity contribution < 1.29 is 16.8 Å². The van der Waals surface area contributed by atoms with E-state index in [1.54, 1.807) is 0 Å². The molecular weight excluding hydrogens is 236 g/mol. The monoisotopic (exact) mass is 248 g/mol. The van der Waals surface area contributed by atoms with Crippen molar-refractivity contribution in [2.45, 2.75) is 17.9 Å². The minimum atomic E-state index is -3.91. The molecule has 0 heterocycles. The summed E-state index contributed by atoms with van der Waals surface area (Å²) < 4.78 is 44.4. The maximum Gasteiger partial charge on any atom is 0.180 e. The highest BCUT2D eigenvalue weighted by atomic mass is 32.3. The molecule has 0 atom stereocenters. The lowest BCUT2D eigenvalue weighted by Crippen LogP contribution is -2.42. The molecule has 0 N–H and O–H groups in total. The largest absolute Gasteiger partial charge is 0.226 e. The van der Waals surface area contributed by atoms with Crippen molar-refractivity contribution >= 4 is 19.7 Å². The summed E-state index contributed by atoms with van der Waals surface area (Å²) in [6.07, 6.45) is 9.73. The molecule has 0 aromatic carbocycles. The first-order valence-electron chi connectivity index (χ1n) is 3.94. The first kappa shape index (κ1) is 14.0. The van der Waals surface area contributed by atoms with E-state index in [9.17, 15) is 16.8 Å². The Labute approximate surface area is 90.9 Å². The predicted octanol–water partition coefficient (Wildman–Crippen LogP) is -0.181. The molecule has 0 aliphatic heterocycles. The third kappa shape index (κ3) is 2.53. The number of hydrogen-bond donors (Lipinski definition) is 0. The van der Waals surface area contributed by atoms with Gasteiger partial charge in [-0.25, -0.2) is 16.8 Å². The lowest BCUT2D eigenvalue weighted by Gasteiger charge is -2.22. The zero-order valence-corrected chi connectivity index (χ0v) is 10.2. The fourth-order valence-electron chi connectivity index (χ4n) is 0.760. The van der Waals surface area contributed by atoms with E-state index < -0.39 is 35.3 Å². The second-order valence-electron chi connectivity index (χ2n) is 3.33. The van der Waals surface area contributed by atoms with Gasteiger partial charge in [-0.1, -0.05) is 11.8 Å². The SMILES string of the molecule is C#CCS(=O)(=O)C(C)(C)S(=O)(=O)CC#C. The van der Waals surface area contributed by atoms with Gasteiger partial charge in [-0.2, -0.15) is 0 Å². The van der Waals surface area contributed by atoms with E-state index in [4.69, 9.17) is 12.8 Å². The van der Waals surface area contributed by atoms with Crippen LogP contribution >= 0.6 is 0 Å². The van der Waals surface area contributed by atoms with E-state index in [0.29, 0.717) is 0 Å². The molecule has 0 aliphatic carbocycles. The van der Waals surface area contributed by atoms with Crippen LogP contribution in [0.2, 0.25) is 0 Å². The third-order valence-electron chi connectivity index (χ3n) is 2.04. The van der Waals surface area contributed by atoms with Gasteiger partial charge in [0.05, 0.1) is 0 Å². The quantitative estimate of drug-likeness (QED) is 0.647. The zero-order chi connectivity index (χ0) is 12.3. The minimum absolute atomic E-state index is 0.621. The van der Waals surface area contributed by atoms with Crippen molar-refractivity contribution in [3.63, 3.8) is 0 Å². The molecule has 0 saturated carbocycles. The summed E-state index contributed by atoms with van der Waals surface area (Å²) in [7, 11) is -7.82. The molecule has 0 unspecified atom stereocenters. The predicted molar refractivity (Wildman–Crippen MR) is 59.3 cm³/mol. The lowest BCUT2D eigenvalue weighted by molar-refractivity contribution is 0.559. The fourth-order valence-corrected chi connectivity index (χ4v) is 3.80. The molecule has 15 heavy (non-hydrogen) atoms. The van der Waals surface area contributed by atoms with Crippen LogP contribution in [0.1, 0.15) is 13.8 Å². The zero-order valence-electron chi connectivity index (χ0n) is 8.52. The summed E-state index contributed by atoms with van der Waals surface area (Å²) >= 11 is 0. The Balaban J connectivity index is 5.57. The molecular formula is C9H12O4S2. The summed E-state index contributed by atoms with van der Waals surface area (Å²) in [5.74, 6) is 2.61. The molecule has 0 amide bonds. The molecule has 0 aliphatic rings. The second kappa shape index (κ2) is 4.26. The molecule has 0 saturated heterocycles. The van der Waals surface area contributed by atoms with Gasteiger partial charge in [-0.3, -0.25) is 0 Å². The Kier molecular flexibility index (Phi) is 3.98. The van der Waals surface area contributed by atoms with Gasteiger partial charge >= 0.3 is 0 Å². The van der Waals surface area contributed by atoms with Crippen LogP contribution in [0.15, 0.2) is 0 Å².